The number of anilines is 1. The SMILES string of the molecule is COc1ccc2cccc(F)c2c1.COc1ccc2cccc(N)c2c1. The summed E-state index contributed by atoms with van der Waals surface area (Å²) < 4.78 is 23.4. The minimum absolute atomic E-state index is 0.212. The second-order valence-corrected chi connectivity index (χ2v) is 5.76. The van der Waals surface area contributed by atoms with E-state index in [0.29, 0.717) is 11.1 Å². The first kappa shape index (κ1) is 17.5. The van der Waals surface area contributed by atoms with Crippen LogP contribution in [0.25, 0.3) is 21.5 Å². The Hall–Kier alpha value is -3.27. The Balaban J connectivity index is 0.000000151. The predicted octanol–water partition coefficient (Wildman–Crippen LogP) is 5.42. The highest BCUT2D eigenvalue weighted by atomic mass is 19.1. The number of benzene rings is 4. The number of nitrogens with two attached hydrogens (primary N) is 1. The molecule has 0 spiro atoms. The van der Waals surface area contributed by atoms with Crippen LogP contribution in [-0.2, 0) is 0 Å². The minimum Gasteiger partial charge on any atom is -0.497 e. The molecular weight excluding hydrogens is 329 g/mol. The molecule has 0 bridgehead atoms. The first-order valence-corrected chi connectivity index (χ1v) is 8.17. The standard InChI is InChI=1S/C11H9FO.C11H11NO/c2*1-13-9-6-5-8-3-2-4-11(12)10(8)7-9/h2-7H,1H3;2-7H,12H2,1H3. The molecule has 2 N–H and O–H groups in total. The molecule has 0 radical (unpaired) electrons. The number of rotatable bonds is 2. The van der Waals surface area contributed by atoms with Gasteiger partial charge >= 0.3 is 0 Å². The van der Waals surface area contributed by atoms with Gasteiger partial charge in [-0.2, -0.15) is 0 Å². The van der Waals surface area contributed by atoms with Crippen LogP contribution in [0.2, 0.25) is 0 Å². The largest absolute Gasteiger partial charge is 0.497 e. The van der Waals surface area contributed by atoms with Gasteiger partial charge < -0.3 is 15.2 Å². The molecule has 4 rings (SSSR count). The van der Waals surface area contributed by atoms with Gasteiger partial charge in [0.15, 0.2) is 0 Å². The minimum atomic E-state index is -0.212. The molecule has 0 saturated carbocycles. The third-order valence-corrected chi connectivity index (χ3v) is 4.16. The molecule has 0 fully saturated rings. The third-order valence-electron chi connectivity index (χ3n) is 4.16. The summed E-state index contributed by atoms with van der Waals surface area (Å²) >= 11 is 0. The van der Waals surface area contributed by atoms with Gasteiger partial charge in [0, 0.05) is 16.5 Å². The normalized spacial score (nSPS) is 10.3. The van der Waals surface area contributed by atoms with Crippen LogP contribution in [-0.4, -0.2) is 14.2 Å². The second-order valence-electron chi connectivity index (χ2n) is 5.76. The lowest BCUT2D eigenvalue weighted by Crippen LogP contribution is -1.87. The average molecular weight is 349 g/mol. The summed E-state index contributed by atoms with van der Waals surface area (Å²) in [7, 11) is 3.22. The van der Waals surface area contributed by atoms with Gasteiger partial charge in [-0.1, -0.05) is 36.4 Å². The van der Waals surface area contributed by atoms with Gasteiger partial charge in [-0.3, -0.25) is 0 Å². The number of ether oxygens (including phenoxy) is 2. The van der Waals surface area contributed by atoms with Gasteiger partial charge in [-0.15, -0.1) is 0 Å². The van der Waals surface area contributed by atoms with E-state index in [0.717, 1.165) is 27.6 Å². The molecule has 0 aliphatic carbocycles. The van der Waals surface area contributed by atoms with Crippen LogP contribution in [0.3, 0.4) is 0 Å². The molecule has 26 heavy (non-hydrogen) atoms. The zero-order chi connectivity index (χ0) is 18.5. The molecule has 4 aromatic carbocycles. The van der Waals surface area contributed by atoms with E-state index in [1.807, 2.05) is 54.6 Å². The number of hydrogen-bond acceptors (Lipinski definition) is 3. The maximum atomic E-state index is 13.2. The lowest BCUT2D eigenvalue weighted by molar-refractivity contribution is 0.415. The molecule has 0 aromatic heterocycles. The summed E-state index contributed by atoms with van der Waals surface area (Å²) in [6.45, 7) is 0. The lowest BCUT2D eigenvalue weighted by Gasteiger charge is -2.04. The maximum absolute atomic E-state index is 13.2. The van der Waals surface area contributed by atoms with Crippen molar-refractivity contribution in [1.29, 1.82) is 0 Å². The smallest absolute Gasteiger partial charge is 0.131 e. The number of nitrogen functional groups attached to an aromatic ring is 1. The third kappa shape index (κ3) is 3.70. The van der Waals surface area contributed by atoms with Crippen LogP contribution in [0.4, 0.5) is 10.1 Å². The van der Waals surface area contributed by atoms with Gasteiger partial charge in [0.2, 0.25) is 0 Å². The van der Waals surface area contributed by atoms with Gasteiger partial charge in [0.05, 0.1) is 14.2 Å². The second kappa shape index (κ2) is 7.74. The monoisotopic (exact) mass is 349 g/mol. The maximum Gasteiger partial charge on any atom is 0.131 e. The van der Waals surface area contributed by atoms with Crippen molar-refractivity contribution in [3.63, 3.8) is 0 Å². The molecule has 0 aliphatic rings. The van der Waals surface area contributed by atoms with Crippen molar-refractivity contribution in [1.82, 2.24) is 0 Å². The Morgan fingerprint density at radius 3 is 1.85 bits per heavy atom. The Kier molecular flexibility index (Phi) is 5.23. The Morgan fingerprint density at radius 2 is 1.23 bits per heavy atom. The highest BCUT2D eigenvalue weighted by molar-refractivity contribution is 5.93. The van der Waals surface area contributed by atoms with Crippen LogP contribution in [0, 0.1) is 5.82 Å². The molecule has 0 amide bonds. The summed E-state index contributed by atoms with van der Waals surface area (Å²) in [6, 6.07) is 22.1. The first-order chi connectivity index (χ1) is 12.6. The van der Waals surface area contributed by atoms with Crippen molar-refractivity contribution >= 4 is 27.2 Å². The lowest BCUT2D eigenvalue weighted by atomic mass is 10.1. The van der Waals surface area contributed by atoms with Gasteiger partial charge in [-0.25, -0.2) is 4.39 Å². The number of fused-ring (bicyclic) bond motifs is 2. The summed E-state index contributed by atoms with van der Waals surface area (Å²) in [6.07, 6.45) is 0. The highest BCUT2D eigenvalue weighted by Gasteiger charge is 2.00. The summed E-state index contributed by atoms with van der Waals surface area (Å²) in [5, 5.41) is 3.67. The molecular formula is C22H20FNO2. The van der Waals surface area contributed by atoms with E-state index in [4.69, 9.17) is 15.2 Å². The summed E-state index contributed by atoms with van der Waals surface area (Å²) in [4.78, 5) is 0. The van der Waals surface area contributed by atoms with E-state index >= 15 is 0 Å². The molecule has 0 heterocycles. The molecule has 4 heteroatoms. The Morgan fingerprint density at radius 1 is 0.692 bits per heavy atom. The van der Waals surface area contributed by atoms with Gasteiger partial charge in [0.1, 0.15) is 17.3 Å². The van der Waals surface area contributed by atoms with Crippen molar-refractivity contribution in [2.75, 3.05) is 20.0 Å². The van der Waals surface area contributed by atoms with Crippen molar-refractivity contribution in [3.05, 3.63) is 78.6 Å². The molecule has 4 aromatic rings. The Labute approximate surface area is 151 Å². The van der Waals surface area contributed by atoms with Crippen molar-refractivity contribution < 1.29 is 13.9 Å². The predicted molar refractivity (Wildman–Crippen MR) is 105 cm³/mol. The van der Waals surface area contributed by atoms with Crippen LogP contribution in [0.15, 0.2) is 72.8 Å². The zero-order valence-corrected chi connectivity index (χ0v) is 14.7. The molecule has 0 unspecified atom stereocenters. The van der Waals surface area contributed by atoms with E-state index in [-0.39, 0.29) is 5.82 Å². The fourth-order valence-electron chi connectivity index (χ4n) is 2.74. The zero-order valence-electron chi connectivity index (χ0n) is 14.7. The molecule has 0 atom stereocenters. The van der Waals surface area contributed by atoms with Crippen LogP contribution >= 0.6 is 0 Å². The van der Waals surface area contributed by atoms with Gasteiger partial charge in [-0.05, 0) is 47.2 Å². The summed E-state index contributed by atoms with van der Waals surface area (Å²) in [5.74, 6) is 1.31. The quantitative estimate of drug-likeness (QED) is 0.492. The van der Waals surface area contributed by atoms with E-state index < -0.39 is 0 Å². The summed E-state index contributed by atoms with van der Waals surface area (Å²) in [5.41, 5.74) is 6.61. The van der Waals surface area contributed by atoms with Crippen molar-refractivity contribution in [2.24, 2.45) is 0 Å². The van der Waals surface area contributed by atoms with Gasteiger partial charge in [0.25, 0.3) is 0 Å². The fourth-order valence-corrected chi connectivity index (χ4v) is 2.74. The molecule has 132 valence electrons. The average Bonchev–Trinajstić information content (AvgIpc) is 2.69. The fraction of sp³-hybridized carbons (Fsp3) is 0.0909. The molecule has 0 saturated heterocycles. The van der Waals surface area contributed by atoms with E-state index in [1.165, 1.54) is 6.07 Å². The first-order valence-electron chi connectivity index (χ1n) is 8.17. The van der Waals surface area contributed by atoms with E-state index in [9.17, 15) is 4.39 Å². The van der Waals surface area contributed by atoms with E-state index in [2.05, 4.69) is 0 Å². The van der Waals surface area contributed by atoms with Crippen LogP contribution < -0.4 is 15.2 Å². The molecule has 3 nitrogen and oxygen atoms in total. The topological polar surface area (TPSA) is 44.5 Å². The van der Waals surface area contributed by atoms with Crippen molar-refractivity contribution in [3.8, 4) is 11.5 Å². The highest BCUT2D eigenvalue weighted by Crippen LogP contribution is 2.25. The number of halogens is 1. The van der Waals surface area contributed by atoms with E-state index in [1.54, 1.807) is 26.4 Å². The Bertz CT molecular complexity index is 961. The molecule has 0 aliphatic heterocycles. The van der Waals surface area contributed by atoms with Crippen molar-refractivity contribution in [2.45, 2.75) is 0 Å². The van der Waals surface area contributed by atoms with Crippen LogP contribution in [0.1, 0.15) is 0 Å². The number of methoxy groups -OCH3 is 2. The number of hydrogen-bond donors (Lipinski definition) is 1. The van der Waals surface area contributed by atoms with Crippen LogP contribution in [0.5, 0.6) is 11.5 Å².